The Balaban J connectivity index is 4.36. The van der Waals surface area contributed by atoms with Crippen LogP contribution in [-0.4, -0.2) is 62.7 Å². The van der Waals surface area contributed by atoms with E-state index in [1.807, 2.05) is 0 Å². The number of hydrogen-bond donors (Lipinski definition) is 1. The van der Waals surface area contributed by atoms with Gasteiger partial charge < -0.3 is 15.1 Å². The highest BCUT2D eigenvalue weighted by molar-refractivity contribution is 4.80. The van der Waals surface area contributed by atoms with E-state index in [1.165, 1.54) is 0 Å². The van der Waals surface area contributed by atoms with Gasteiger partial charge in [-0.3, -0.25) is 0 Å². The maximum Gasteiger partial charge on any atom is 0.0220 e. The van der Waals surface area contributed by atoms with E-state index >= 15 is 0 Å². The second kappa shape index (κ2) is 8.23. The molecule has 3 nitrogen and oxygen atoms in total. The molecule has 0 rings (SSSR count). The molecule has 0 aromatic carbocycles. The standard InChI is InChI=1S/C16H37N3/c1-13(2)15(17-14(3)4)10-19(9)12-16(5,6)11-18(7)8/h13-15,17H,10-12H2,1-9H3/t15-/m0/s1. The first kappa shape index (κ1) is 18.9. The summed E-state index contributed by atoms with van der Waals surface area (Å²) >= 11 is 0. The summed E-state index contributed by atoms with van der Waals surface area (Å²) in [6.07, 6.45) is 0. The summed E-state index contributed by atoms with van der Waals surface area (Å²) in [5, 5.41) is 3.68. The maximum absolute atomic E-state index is 3.68. The summed E-state index contributed by atoms with van der Waals surface area (Å²) in [4.78, 5) is 4.75. The van der Waals surface area contributed by atoms with Gasteiger partial charge in [0.2, 0.25) is 0 Å². The summed E-state index contributed by atoms with van der Waals surface area (Å²) in [5.74, 6) is 0.668. The van der Waals surface area contributed by atoms with Crippen molar-refractivity contribution in [1.82, 2.24) is 15.1 Å². The van der Waals surface area contributed by atoms with E-state index in [4.69, 9.17) is 0 Å². The molecule has 3 heteroatoms. The fourth-order valence-corrected chi connectivity index (χ4v) is 2.92. The average Bonchev–Trinajstić information content (AvgIpc) is 2.11. The lowest BCUT2D eigenvalue weighted by molar-refractivity contribution is 0.146. The number of likely N-dealkylation sites (N-methyl/N-ethyl adjacent to an activating group) is 1. The van der Waals surface area contributed by atoms with Crippen LogP contribution in [0.3, 0.4) is 0 Å². The highest BCUT2D eigenvalue weighted by atomic mass is 15.1. The van der Waals surface area contributed by atoms with Crippen LogP contribution in [-0.2, 0) is 0 Å². The Morgan fingerprint density at radius 1 is 0.947 bits per heavy atom. The summed E-state index contributed by atoms with van der Waals surface area (Å²) in [5.41, 5.74) is 0.331. The first-order valence-electron chi connectivity index (χ1n) is 7.63. The average molecular weight is 271 g/mol. The van der Waals surface area contributed by atoms with Crippen molar-refractivity contribution >= 4 is 0 Å². The Morgan fingerprint density at radius 3 is 1.84 bits per heavy atom. The van der Waals surface area contributed by atoms with Gasteiger partial charge in [-0.15, -0.1) is 0 Å². The first-order valence-corrected chi connectivity index (χ1v) is 7.63. The molecule has 0 aliphatic heterocycles. The van der Waals surface area contributed by atoms with E-state index in [1.54, 1.807) is 0 Å². The minimum atomic E-state index is 0.331. The van der Waals surface area contributed by atoms with Gasteiger partial charge in [0.1, 0.15) is 0 Å². The van der Waals surface area contributed by atoms with Crippen LogP contribution in [0.15, 0.2) is 0 Å². The Bertz CT molecular complexity index is 234. The maximum atomic E-state index is 3.68. The van der Waals surface area contributed by atoms with Crippen molar-refractivity contribution in [3.8, 4) is 0 Å². The molecule has 116 valence electrons. The lowest BCUT2D eigenvalue weighted by atomic mass is 9.91. The molecule has 0 fully saturated rings. The Kier molecular flexibility index (Phi) is 8.18. The third-order valence-corrected chi connectivity index (χ3v) is 3.30. The molecule has 0 saturated carbocycles. The van der Waals surface area contributed by atoms with Gasteiger partial charge in [-0.1, -0.05) is 41.5 Å². The lowest BCUT2D eigenvalue weighted by Gasteiger charge is -2.36. The van der Waals surface area contributed by atoms with Crippen molar-refractivity contribution in [3.63, 3.8) is 0 Å². The molecule has 0 aliphatic rings. The van der Waals surface area contributed by atoms with E-state index in [9.17, 15) is 0 Å². The normalized spacial score (nSPS) is 15.0. The Hall–Kier alpha value is -0.120. The SMILES string of the molecule is CC(C)N[C@@H](CN(C)CC(C)(C)CN(C)C)C(C)C. The second-order valence-corrected chi connectivity index (χ2v) is 7.77. The highest BCUT2D eigenvalue weighted by Crippen LogP contribution is 2.18. The summed E-state index contributed by atoms with van der Waals surface area (Å²) in [6.45, 7) is 17.1. The fourth-order valence-electron chi connectivity index (χ4n) is 2.92. The molecule has 0 unspecified atom stereocenters. The molecule has 1 atom stereocenters. The van der Waals surface area contributed by atoms with E-state index in [2.05, 4.69) is 77.8 Å². The van der Waals surface area contributed by atoms with E-state index in [0.717, 1.165) is 19.6 Å². The van der Waals surface area contributed by atoms with Crippen LogP contribution in [0.25, 0.3) is 0 Å². The summed E-state index contributed by atoms with van der Waals surface area (Å²) in [7, 11) is 6.55. The minimum absolute atomic E-state index is 0.331. The number of hydrogen-bond acceptors (Lipinski definition) is 3. The molecule has 0 aromatic rings. The third-order valence-electron chi connectivity index (χ3n) is 3.30. The monoisotopic (exact) mass is 271 g/mol. The van der Waals surface area contributed by atoms with E-state index < -0.39 is 0 Å². The topological polar surface area (TPSA) is 18.5 Å². The zero-order chi connectivity index (χ0) is 15.2. The van der Waals surface area contributed by atoms with Crippen molar-refractivity contribution in [2.75, 3.05) is 40.8 Å². The fraction of sp³-hybridized carbons (Fsp3) is 1.00. The predicted octanol–water partition coefficient (Wildman–Crippen LogP) is 2.53. The Morgan fingerprint density at radius 2 is 1.47 bits per heavy atom. The molecule has 19 heavy (non-hydrogen) atoms. The van der Waals surface area contributed by atoms with Crippen LogP contribution in [0.4, 0.5) is 0 Å². The van der Waals surface area contributed by atoms with Crippen LogP contribution in [0.1, 0.15) is 41.5 Å². The molecular formula is C16H37N3. The molecule has 0 radical (unpaired) electrons. The van der Waals surface area contributed by atoms with Crippen LogP contribution in [0, 0.1) is 11.3 Å². The molecule has 0 aliphatic carbocycles. The molecule has 0 heterocycles. The van der Waals surface area contributed by atoms with Gasteiger partial charge in [-0.25, -0.2) is 0 Å². The van der Waals surface area contributed by atoms with Crippen molar-refractivity contribution in [3.05, 3.63) is 0 Å². The van der Waals surface area contributed by atoms with Crippen molar-refractivity contribution in [2.24, 2.45) is 11.3 Å². The van der Waals surface area contributed by atoms with Crippen LogP contribution in [0.5, 0.6) is 0 Å². The molecular weight excluding hydrogens is 234 g/mol. The number of nitrogens with one attached hydrogen (secondary N) is 1. The van der Waals surface area contributed by atoms with Crippen LogP contribution < -0.4 is 5.32 Å². The molecule has 0 aromatic heterocycles. The third kappa shape index (κ3) is 9.42. The predicted molar refractivity (Wildman–Crippen MR) is 86.7 cm³/mol. The van der Waals surface area contributed by atoms with Gasteiger partial charge >= 0.3 is 0 Å². The zero-order valence-corrected chi connectivity index (χ0v) is 14.7. The van der Waals surface area contributed by atoms with Gasteiger partial charge in [0.05, 0.1) is 0 Å². The molecule has 1 N–H and O–H groups in total. The molecule has 0 spiro atoms. The van der Waals surface area contributed by atoms with E-state index in [-0.39, 0.29) is 0 Å². The van der Waals surface area contributed by atoms with Crippen molar-refractivity contribution in [2.45, 2.75) is 53.6 Å². The largest absolute Gasteiger partial charge is 0.310 e. The first-order chi connectivity index (χ1) is 8.53. The lowest BCUT2D eigenvalue weighted by Crippen LogP contribution is -2.48. The number of nitrogens with zero attached hydrogens (tertiary/aromatic N) is 2. The van der Waals surface area contributed by atoms with Crippen molar-refractivity contribution < 1.29 is 0 Å². The van der Waals surface area contributed by atoms with Crippen molar-refractivity contribution in [1.29, 1.82) is 0 Å². The minimum Gasteiger partial charge on any atom is -0.310 e. The van der Waals surface area contributed by atoms with Gasteiger partial charge in [0.15, 0.2) is 0 Å². The van der Waals surface area contributed by atoms with Gasteiger partial charge in [-0.05, 0) is 32.5 Å². The second-order valence-electron chi connectivity index (χ2n) is 7.77. The van der Waals surface area contributed by atoms with Crippen LogP contribution >= 0.6 is 0 Å². The summed E-state index contributed by atoms with van der Waals surface area (Å²) < 4.78 is 0. The van der Waals surface area contributed by atoms with Gasteiger partial charge in [-0.2, -0.15) is 0 Å². The highest BCUT2D eigenvalue weighted by Gasteiger charge is 2.23. The van der Waals surface area contributed by atoms with E-state index in [0.29, 0.717) is 23.4 Å². The van der Waals surface area contributed by atoms with Crippen LogP contribution in [0.2, 0.25) is 0 Å². The van der Waals surface area contributed by atoms with Gasteiger partial charge in [0.25, 0.3) is 0 Å². The molecule has 0 amide bonds. The number of rotatable bonds is 9. The molecule has 0 bridgehead atoms. The quantitative estimate of drug-likeness (QED) is 0.695. The molecule has 0 saturated heterocycles. The van der Waals surface area contributed by atoms with Gasteiger partial charge in [0, 0.05) is 31.7 Å². The smallest absolute Gasteiger partial charge is 0.0220 e. The Labute approximate surface area is 121 Å². The summed E-state index contributed by atoms with van der Waals surface area (Å²) in [6, 6.07) is 1.12. The zero-order valence-electron chi connectivity index (χ0n) is 14.7.